The molecule has 164 valence electrons. The molecule has 3 aromatic rings. The number of nitrogens with two attached hydrogens (primary N) is 1. The number of aromatic nitrogens is 4. The Morgan fingerprint density at radius 3 is 2.48 bits per heavy atom. The zero-order valence-corrected chi connectivity index (χ0v) is 18.7. The van der Waals surface area contributed by atoms with Gasteiger partial charge in [0.05, 0.1) is 0 Å². The first-order valence-corrected chi connectivity index (χ1v) is 10.9. The highest BCUT2D eigenvalue weighted by Gasteiger charge is 2.23. The van der Waals surface area contributed by atoms with Crippen LogP contribution in [0.2, 0.25) is 0 Å². The lowest BCUT2D eigenvalue weighted by molar-refractivity contribution is 0.221. The second-order valence-corrected chi connectivity index (χ2v) is 8.88. The van der Waals surface area contributed by atoms with Gasteiger partial charge in [0.1, 0.15) is 11.5 Å². The molecule has 1 aliphatic rings. The second-order valence-electron chi connectivity index (χ2n) is 8.88. The standard InChI is InChI=1S/C23H31N7O/c1-14(2)30-21-16(11-19(22(30)31)15-5-10-20(24)25-12-15)13-26-23(28-21)27-17-6-8-18(9-7-17)29(3)4/h5,10-14,17-18H,6-9H2,1-4H3,(H2,24,25)(H,26,27,28). The van der Waals surface area contributed by atoms with E-state index in [1.54, 1.807) is 23.0 Å². The zero-order chi connectivity index (χ0) is 22.1. The van der Waals surface area contributed by atoms with E-state index in [9.17, 15) is 4.79 Å². The molecule has 0 unspecified atom stereocenters. The lowest BCUT2D eigenvalue weighted by atomic mass is 9.91. The molecule has 4 rings (SSSR count). The summed E-state index contributed by atoms with van der Waals surface area (Å²) in [5, 5.41) is 4.31. The van der Waals surface area contributed by atoms with E-state index in [1.807, 2.05) is 26.0 Å². The molecule has 1 fully saturated rings. The largest absolute Gasteiger partial charge is 0.384 e. The van der Waals surface area contributed by atoms with Crippen molar-refractivity contribution in [2.75, 3.05) is 25.1 Å². The number of nitrogens with zero attached hydrogens (tertiary/aromatic N) is 5. The Labute approximate surface area is 182 Å². The summed E-state index contributed by atoms with van der Waals surface area (Å²) in [5.41, 5.74) is 7.56. The number of nitrogen functional groups attached to an aromatic ring is 1. The first-order valence-electron chi connectivity index (χ1n) is 10.9. The SMILES string of the molecule is CC(C)n1c(=O)c(-c2ccc(N)nc2)cc2cnc(NC3CCC(N(C)C)CC3)nc21. The van der Waals surface area contributed by atoms with E-state index in [-0.39, 0.29) is 11.6 Å². The van der Waals surface area contributed by atoms with Gasteiger partial charge in [-0.15, -0.1) is 0 Å². The van der Waals surface area contributed by atoms with Crippen LogP contribution in [0.15, 0.2) is 35.4 Å². The molecule has 8 nitrogen and oxygen atoms in total. The molecule has 0 aliphatic heterocycles. The van der Waals surface area contributed by atoms with Crippen LogP contribution in [0.5, 0.6) is 0 Å². The van der Waals surface area contributed by atoms with Crippen molar-refractivity contribution in [2.45, 2.75) is 57.7 Å². The quantitative estimate of drug-likeness (QED) is 0.652. The Morgan fingerprint density at radius 1 is 1.13 bits per heavy atom. The molecule has 1 aliphatic carbocycles. The Kier molecular flexibility index (Phi) is 5.91. The minimum atomic E-state index is -0.0924. The fourth-order valence-corrected chi connectivity index (χ4v) is 4.36. The number of hydrogen-bond donors (Lipinski definition) is 2. The van der Waals surface area contributed by atoms with Gasteiger partial charge in [-0.2, -0.15) is 4.98 Å². The molecule has 0 spiro atoms. The first kappa shape index (κ1) is 21.2. The predicted molar refractivity (Wildman–Crippen MR) is 125 cm³/mol. The van der Waals surface area contributed by atoms with Crippen LogP contribution in [0.3, 0.4) is 0 Å². The summed E-state index contributed by atoms with van der Waals surface area (Å²) in [6.45, 7) is 3.98. The van der Waals surface area contributed by atoms with Gasteiger partial charge in [-0.05, 0) is 71.8 Å². The summed E-state index contributed by atoms with van der Waals surface area (Å²) in [6.07, 6.45) is 7.92. The van der Waals surface area contributed by atoms with Crippen LogP contribution < -0.4 is 16.6 Å². The van der Waals surface area contributed by atoms with Crippen LogP contribution in [0.25, 0.3) is 22.2 Å². The second kappa shape index (κ2) is 8.63. The van der Waals surface area contributed by atoms with Crippen LogP contribution in [0.1, 0.15) is 45.6 Å². The average molecular weight is 422 g/mol. The molecule has 0 atom stereocenters. The monoisotopic (exact) mass is 421 g/mol. The highest BCUT2D eigenvalue weighted by molar-refractivity contribution is 5.81. The Morgan fingerprint density at radius 2 is 1.87 bits per heavy atom. The first-order chi connectivity index (χ1) is 14.8. The minimum Gasteiger partial charge on any atom is -0.384 e. The van der Waals surface area contributed by atoms with Gasteiger partial charge in [0, 0.05) is 47.0 Å². The fraction of sp³-hybridized carbons (Fsp3) is 0.478. The number of hydrogen-bond acceptors (Lipinski definition) is 7. The summed E-state index contributed by atoms with van der Waals surface area (Å²) in [5.74, 6) is 1.00. The van der Waals surface area contributed by atoms with Gasteiger partial charge in [0.2, 0.25) is 5.95 Å². The van der Waals surface area contributed by atoms with E-state index in [1.165, 1.54) is 0 Å². The maximum absolute atomic E-state index is 13.3. The van der Waals surface area contributed by atoms with Crippen molar-refractivity contribution in [3.8, 4) is 11.1 Å². The van der Waals surface area contributed by atoms with E-state index >= 15 is 0 Å². The summed E-state index contributed by atoms with van der Waals surface area (Å²) in [7, 11) is 4.29. The topological polar surface area (TPSA) is 102 Å². The lowest BCUT2D eigenvalue weighted by Gasteiger charge is -2.33. The number of anilines is 2. The molecular formula is C23H31N7O. The number of nitrogens with one attached hydrogen (secondary N) is 1. The normalized spacial score (nSPS) is 19.3. The molecule has 31 heavy (non-hydrogen) atoms. The molecule has 1 saturated carbocycles. The van der Waals surface area contributed by atoms with E-state index < -0.39 is 0 Å². The molecule has 0 bridgehead atoms. The maximum Gasteiger partial charge on any atom is 0.260 e. The summed E-state index contributed by atoms with van der Waals surface area (Å²) >= 11 is 0. The molecule has 3 heterocycles. The van der Waals surface area contributed by atoms with E-state index in [2.05, 4.69) is 34.3 Å². The Balaban J connectivity index is 1.68. The lowest BCUT2D eigenvalue weighted by Crippen LogP contribution is -2.36. The molecule has 0 aromatic carbocycles. The van der Waals surface area contributed by atoms with Crippen molar-refractivity contribution in [3.63, 3.8) is 0 Å². The van der Waals surface area contributed by atoms with E-state index in [0.29, 0.717) is 35.1 Å². The van der Waals surface area contributed by atoms with Gasteiger partial charge in [0.25, 0.3) is 5.56 Å². The third-order valence-electron chi connectivity index (χ3n) is 6.15. The average Bonchev–Trinajstić information content (AvgIpc) is 2.74. The molecule has 0 amide bonds. The van der Waals surface area contributed by atoms with Crippen LogP contribution in [0.4, 0.5) is 11.8 Å². The maximum atomic E-state index is 13.3. The highest BCUT2D eigenvalue weighted by atomic mass is 16.1. The third-order valence-corrected chi connectivity index (χ3v) is 6.15. The van der Waals surface area contributed by atoms with Crippen molar-refractivity contribution in [3.05, 3.63) is 40.9 Å². The van der Waals surface area contributed by atoms with Crippen LogP contribution in [0, 0.1) is 0 Å². The fourth-order valence-electron chi connectivity index (χ4n) is 4.36. The van der Waals surface area contributed by atoms with Crippen molar-refractivity contribution >= 4 is 22.8 Å². The molecule has 0 saturated heterocycles. The number of rotatable bonds is 5. The third kappa shape index (κ3) is 4.39. The minimum absolute atomic E-state index is 0.0463. The molecule has 3 aromatic heterocycles. The van der Waals surface area contributed by atoms with Gasteiger partial charge in [-0.1, -0.05) is 0 Å². The van der Waals surface area contributed by atoms with Gasteiger partial charge in [-0.3, -0.25) is 9.36 Å². The van der Waals surface area contributed by atoms with Gasteiger partial charge < -0.3 is 16.0 Å². The smallest absolute Gasteiger partial charge is 0.260 e. The predicted octanol–water partition coefficient (Wildman–Crippen LogP) is 3.30. The molecular weight excluding hydrogens is 390 g/mol. The number of pyridine rings is 2. The van der Waals surface area contributed by atoms with Crippen LogP contribution in [-0.4, -0.2) is 50.6 Å². The Bertz CT molecular complexity index is 1110. The highest BCUT2D eigenvalue weighted by Crippen LogP contribution is 2.25. The summed E-state index contributed by atoms with van der Waals surface area (Å²) in [4.78, 5) is 29.1. The molecule has 0 radical (unpaired) electrons. The number of fused-ring (bicyclic) bond motifs is 1. The van der Waals surface area contributed by atoms with Crippen molar-refractivity contribution < 1.29 is 0 Å². The van der Waals surface area contributed by atoms with Crippen molar-refractivity contribution in [2.24, 2.45) is 0 Å². The Hall–Kier alpha value is -3.00. The van der Waals surface area contributed by atoms with Gasteiger partial charge in [-0.25, -0.2) is 9.97 Å². The van der Waals surface area contributed by atoms with Crippen molar-refractivity contribution in [1.82, 2.24) is 24.4 Å². The summed E-state index contributed by atoms with van der Waals surface area (Å²) < 4.78 is 1.73. The van der Waals surface area contributed by atoms with E-state index in [4.69, 9.17) is 10.7 Å². The van der Waals surface area contributed by atoms with Gasteiger partial charge in [0.15, 0.2) is 0 Å². The summed E-state index contributed by atoms with van der Waals surface area (Å²) in [6, 6.07) is 6.31. The van der Waals surface area contributed by atoms with Crippen molar-refractivity contribution in [1.29, 1.82) is 0 Å². The van der Waals surface area contributed by atoms with E-state index in [0.717, 1.165) is 36.6 Å². The van der Waals surface area contributed by atoms with Gasteiger partial charge >= 0.3 is 0 Å². The molecule has 3 N–H and O–H groups in total. The van der Waals surface area contributed by atoms with Crippen LogP contribution in [-0.2, 0) is 0 Å². The molecule has 8 heteroatoms. The van der Waals surface area contributed by atoms with Crippen LogP contribution >= 0.6 is 0 Å². The zero-order valence-electron chi connectivity index (χ0n) is 18.7.